The summed E-state index contributed by atoms with van der Waals surface area (Å²) >= 11 is 0. The van der Waals surface area contributed by atoms with E-state index in [-0.39, 0.29) is 11.7 Å². The summed E-state index contributed by atoms with van der Waals surface area (Å²) in [6.07, 6.45) is 2.51. The van der Waals surface area contributed by atoms with E-state index in [1.807, 2.05) is 0 Å². The third-order valence-corrected chi connectivity index (χ3v) is 3.64. The van der Waals surface area contributed by atoms with E-state index in [2.05, 4.69) is 0 Å². The first kappa shape index (κ1) is 14.6. The highest BCUT2D eigenvalue weighted by atomic mass is 19.1. The van der Waals surface area contributed by atoms with Crippen LogP contribution in [0.5, 0.6) is 5.75 Å². The third kappa shape index (κ3) is 3.21. The van der Waals surface area contributed by atoms with Crippen LogP contribution in [0.3, 0.4) is 0 Å². The zero-order valence-electron chi connectivity index (χ0n) is 12.0. The minimum Gasteiger partial charge on any atom is -0.478 e. The standard InChI is InChI=1S/C15H21FN2O2/c1-10-8-14(12(16)9-13(10)17)20-11(2)15(19)18-6-4-3-5-7-18/h8-9,11H,3-7,17H2,1-2H3. The monoisotopic (exact) mass is 280 g/mol. The zero-order chi connectivity index (χ0) is 14.7. The molecule has 1 aromatic carbocycles. The molecule has 5 heteroatoms. The van der Waals surface area contributed by atoms with Crippen molar-refractivity contribution in [2.75, 3.05) is 18.8 Å². The number of rotatable bonds is 3. The SMILES string of the molecule is Cc1cc(OC(C)C(=O)N2CCCCC2)c(F)cc1N. The third-order valence-electron chi connectivity index (χ3n) is 3.64. The Labute approximate surface area is 118 Å². The quantitative estimate of drug-likeness (QED) is 0.865. The Morgan fingerprint density at radius 3 is 2.65 bits per heavy atom. The molecule has 110 valence electrons. The number of nitrogens with two attached hydrogens (primary N) is 1. The Hall–Kier alpha value is -1.78. The van der Waals surface area contributed by atoms with Crippen LogP contribution in [-0.2, 0) is 4.79 Å². The summed E-state index contributed by atoms with van der Waals surface area (Å²) in [5, 5.41) is 0. The number of likely N-dealkylation sites (tertiary alicyclic amines) is 1. The molecule has 1 atom stereocenters. The number of halogens is 1. The van der Waals surface area contributed by atoms with Gasteiger partial charge in [-0.25, -0.2) is 4.39 Å². The molecule has 0 saturated carbocycles. The van der Waals surface area contributed by atoms with Crippen molar-refractivity contribution in [1.29, 1.82) is 0 Å². The Morgan fingerprint density at radius 2 is 2.00 bits per heavy atom. The lowest BCUT2D eigenvalue weighted by Gasteiger charge is -2.29. The first-order valence-corrected chi connectivity index (χ1v) is 7.00. The number of aryl methyl sites for hydroxylation is 1. The molecule has 1 amide bonds. The molecule has 1 aromatic rings. The molecule has 2 N–H and O–H groups in total. The topological polar surface area (TPSA) is 55.6 Å². The Balaban J connectivity index is 2.05. The van der Waals surface area contributed by atoms with Crippen molar-refractivity contribution in [3.63, 3.8) is 0 Å². The van der Waals surface area contributed by atoms with Gasteiger partial charge in [-0.05, 0) is 44.7 Å². The van der Waals surface area contributed by atoms with Crippen LogP contribution < -0.4 is 10.5 Å². The normalized spacial score (nSPS) is 16.9. The van der Waals surface area contributed by atoms with Gasteiger partial charge in [0.2, 0.25) is 0 Å². The smallest absolute Gasteiger partial charge is 0.263 e. The molecule has 1 unspecified atom stereocenters. The molecule has 0 radical (unpaired) electrons. The number of hydrogen-bond acceptors (Lipinski definition) is 3. The fourth-order valence-electron chi connectivity index (χ4n) is 2.37. The fourth-order valence-corrected chi connectivity index (χ4v) is 2.37. The maximum Gasteiger partial charge on any atom is 0.263 e. The van der Waals surface area contributed by atoms with Crippen molar-refractivity contribution in [2.24, 2.45) is 0 Å². The van der Waals surface area contributed by atoms with Crippen molar-refractivity contribution >= 4 is 11.6 Å². The van der Waals surface area contributed by atoms with Gasteiger partial charge in [0, 0.05) is 24.8 Å². The lowest BCUT2D eigenvalue weighted by molar-refractivity contribution is -0.138. The first-order valence-electron chi connectivity index (χ1n) is 7.00. The van der Waals surface area contributed by atoms with Gasteiger partial charge in [-0.15, -0.1) is 0 Å². The molecular formula is C15H21FN2O2. The van der Waals surface area contributed by atoms with Crippen LogP contribution >= 0.6 is 0 Å². The van der Waals surface area contributed by atoms with E-state index < -0.39 is 11.9 Å². The highest BCUT2D eigenvalue weighted by molar-refractivity contribution is 5.81. The second-order valence-corrected chi connectivity index (χ2v) is 5.29. The number of hydrogen-bond donors (Lipinski definition) is 1. The summed E-state index contributed by atoms with van der Waals surface area (Å²) in [5.74, 6) is -0.542. The number of ether oxygens (including phenoxy) is 1. The van der Waals surface area contributed by atoms with Crippen LogP contribution in [0.15, 0.2) is 12.1 Å². The molecule has 0 spiro atoms. The minimum absolute atomic E-state index is 0.0783. The van der Waals surface area contributed by atoms with Crippen LogP contribution in [0, 0.1) is 12.7 Å². The first-order chi connectivity index (χ1) is 9.49. The van der Waals surface area contributed by atoms with Crippen molar-refractivity contribution in [2.45, 2.75) is 39.2 Å². The van der Waals surface area contributed by atoms with E-state index in [0.29, 0.717) is 5.69 Å². The van der Waals surface area contributed by atoms with Gasteiger partial charge in [0.1, 0.15) is 0 Å². The second-order valence-electron chi connectivity index (χ2n) is 5.29. The Morgan fingerprint density at radius 1 is 1.35 bits per heavy atom. The molecule has 0 bridgehead atoms. The molecule has 0 aliphatic carbocycles. The predicted octanol–water partition coefficient (Wildman–Crippen LogP) is 2.50. The molecule has 2 rings (SSSR count). The maximum absolute atomic E-state index is 13.8. The number of benzene rings is 1. The average molecular weight is 280 g/mol. The minimum atomic E-state index is -0.689. The van der Waals surface area contributed by atoms with E-state index in [9.17, 15) is 9.18 Å². The number of carbonyl (C=O) groups is 1. The number of anilines is 1. The van der Waals surface area contributed by atoms with Crippen LogP contribution in [0.1, 0.15) is 31.7 Å². The Bertz CT molecular complexity index is 499. The van der Waals surface area contributed by atoms with E-state index in [1.54, 1.807) is 18.7 Å². The lowest BCUT2D eigenvalue weighted by atomic mass is 10.1. The summed E-state index contributed by atoms with van der Waals surface area (Å²) in [5.41, 5.74) is 6.74. The summed E-state index contributed by atoms with van der Waals surface area (Å²) in [6, 6.07) is 2.76. The number of piperidine rings is 1. The van der Waals surface area contributed by atoms with Gasteiger partial charge in [0.15, 0.2) is 17.7 Å². The number of carbonyl (C=O) groups excluding carboxylic acids is 1. The van der Waals surface area contributed by atoms with Gasteiger partial charge < -0.3 is 15.4 Å². The fraction of sp³-hybridized carbons (Fsp3) is 0.533. The molecule has 20 heavy (non-hydrogen) atoms. The predicted molar refractivity (Wildman–Crippen MR) is 76.1 cm³/mol. The van der Waals surface area contributed by atoms with E-state index in [1.165, 1.54) is 12.1 Å². The van der Waals surface area contributed by atoms with Crippen molar-refractivity contribution in [3.05, 3.63) is 23.5 Å². The highest BCUT2D eigenvalue weighted by Crippen LogP contribution is 2.25. The van der Waals surface area contributed by atoms with Crippen LogP contribution in [0.4, 0.5) is 10.1 Å². The molecule has 1 saturated heterocycles. The van der Waals surface area contributed by atoms with Gasteiger partial charge in [0.25, 0.3) is 5.91 Å². The van der Waals surface area contributed by atoms with E-state index in [0.717, 1.165) is 37.9 Å². The summed E-state index contributed by atoms with van der Waals surface area (Å²) in [7, 11) is 0. The zero-order valence-corrected chi connectivity index (χ0v) is 12.0. The second kappa shape index (κ2) is 6.11. The number of nitrogen functional groups attached to an aromatic ring is 1. The van der Waals surface area contributed by atoms with Gasteiger partial charge in [-0.3, -0.25) is 4.79 Å². The summed E-state index contributed by atoms with van der Waals surface area (Å²) in [4.78, 5) is 14.0. The molecule has 1 aliphatic heterocycles. The molecule has 0 aromatic heterocycles. The van der Waals surface area contributed by atoms with Crippen LogP contribution in [-0.4, -0.2) is 30.0 Å². The largest absolute Gasteiger partial charge is 0.478 e. The van der Waals surface area contributed by atoms with Gasteiger partial charge >= 0.3 is 0 Å². The molecular weight excluding hydrogens is 259 g/mol. The van der Waals surface area contributed by atoms with E-state index >= 15 is 0 Å². The average Bonchev–Trinajstić information content (AvgIpc) is 2.44. The molecule has 1 aliphatic rings. The Kier molecular flexibility index (Phi) is 4.47. The molecule has 4 nitrogen and oxygen atoms in total. The van der Waals surface area contributed by atoms with Gasteiger partial charge in [0.05, 0.1) is 0 Å². The van der Waals surface area contributed by atoms with Crippen molar-refractivity contribution in [1.82, 2.24) is 4.90 Å². The summed E-state index contributed by atoms with van der Waals surface area (Å²) < 4.78 is 19.2. The van der Waals surface area contributed by atoms with Gasteiger partial charge in [-0.2, -0.15) is 0 Å². The summed E-state index contributed by atoms with van der Waals surface area (Å²) in [6.45, 7) is 4.95. The highest BCUT2D eigenvalue weighted by Gasteiger charge is 2.24. The maximum atomic E-state index is 13.8. The van der Waals surface area contributed by atoms with Crippen molar-refractivity contribution < 1.29 is 13.9 Å². The number of amides is 1. The molecule has 1 heterocycles. The van der Waals surface area contributed by atoms with Gasteiger partial charge in [-0.1, -0.05) is 0 Å². The van der Waals surface area contributed by atoms with Crippen LogP contribution in [0.2, 0.25) is 0 Å². The lowest BCUT2D eigenvalue weighted by Crippen LogP contribution is -2.43. The van der Waals surface area contributed by atoms with Crippen molar-refractivity contribution in [3.8, 4) is 5.75 Å². The number of nitrogens with zero attached hydrogens (tertiary/aromatic N) is 1. The molecule has 1 fully saturated rings. The van der Waals surface area contributed by atoms with Crippen LogP contribution in [0.25, 0.3) is 0 Å². The van der Waals surface area contributed by atoms with E-state index in [4.69, 9.17) is 10.5 Å².